The molecule has 0 fully saturated rings. The van der Waals surface area contributed by atoms with Crippen LogP contribution in [0.4, 0.5) is 4.39 Å². The van der Waals surface area contributed by atoms with Gasteiger partial charge in [0.15, 0.2) is 0 Å². The normalized spacial score (nSPS) is 18.3. The number of allylic oxidation sites excluding steroid dienone is 5. The van der Waals surface area contributed by atoms with Gasteiger partial charge in [-0.15, -0.1) is 0 Å². The van der Waals surface area contributed by atoms with E-state index in [2.05, 4.69) is 0 Å². The summed E-state index contributed by atoms with van der Waals surface area (Å²) in [6, 6.07) is 0. The van der Waals surface area contributed by atoms with Crippen molar-refractivity contribution in [3.8, 4) is 0 Å². The van der Waals surface area contributed by atoms with E-state index in [9.17, 15) is 4.39 Å². The minimum Gasteiger partial charge on any atom is -0.392 e. The molecular weight excluding hydrogens is 143 g/mol. The maximum absolute atomic E-state index is 12.8. The minimum absolute atomic E-state index is 0.00750. The predicted molar refractivity (Wildman–Crippen MR) is 42.7 cm³/mol. The molecule has 0 aliphatic heterocycles. The van der Waals surface area contributed by atoms with E-state index in [0.717, 1.165) is 5.57 Å². The Kier molecular flexibility index (Phi) is 2.60. The zero-order valence-electron chi connectivity index (χ0n) is 6.47. The summed E-state index contributed by atoms with van der Waals surface area (Å²) in [5.74, 6) is -0.190. The fourth-order valence-electron chi connectivity index (χ4n) is 0.889. The van der Waals surface area contributed by atoms with Gasteiger partial charge in [-0.3, -0.25) is 0 Å². The van der Waals surface area contributed by atoms with Crippen LogP contribution in [-0.2, 0) is 0 Å². The average Bonchev–Trinajstić information content (AvgIpc) is 2.16. The number of hydrogen-bond acceptors (Lipinski definition) is 1. The van der Waals surface area contributed by atoms with E-state index in [4.69, 9.17) is 5.11 Å². The van der Waals surface area contributed by atoms with Crippen molar-refractivity contribution in [2.24, 2.45) is 0 Å². The van der Waals surface area contributed by atoms with E-state index < -0.39 is 0 Å². The lowest BCUT2D eigenvalue weighted by molar-refractivity contribution is 0.329. The quantitative estimate of drug-likeness (QED) is 0.613. The second-order valence-corrected chi connectivity index (χ2v) is 2.59. The molecule has 0 saturated heterocycles. The van der Waals surface area contributed by atoms with Gasteiger partial charge in [-0.1, -0.05) is 12.2 Å². The molecule has 1 nitrogen and oxygen atoms in total. The fraction of sp³-hybridized carbons (Fsp3) is 0.333. The molecule has 0 bridgehead atoms. The first-order valence-corrected chi connectivity index (χ1v) is 3.57. The van der Waals surface area contributed by atoms with Crippen LogP contribution in [0.5, 0.6) is 0 Å². The molecule has 0 amide bonds. The first-order chi connectivity index (χ1) is 5.24. The summed E-state index contributed by atoms with van der Waals surface area (Å²) in [5.41, 5.74) is 1.46. The van der Waals surface area contributed by atoms with Gasteiger partial charge in [-0.2, -0.15) is 0 Å². The van der Waals surface area contributed by atoms with Crippen molar-refractivity contribution in [2.45, 2.75) is 13.3 Å². The Morgan fingerprint density at radius 1 is 1.55 bits per heavy atom. The summed E-state index contributed by atoms with van der Waals surface area (Å²) in [7, 11) is 0. The minimum atomic E-state index is -0.190. The molecule has 0 atom stereocenters. The summed E-state index contributed by atoms with van der Waals surface area (Å²) in [6.45, 7) is 1.72. The SMILES string of the molecule is CC1=CC=C(CO)CC=C1F. The molecule has 0 spiro atoms. The molecule has 60 valence electrons. The summed E-state index contributed by atoms with van der Waals surface area (Å²) in [6.07, 6.45) is 5.44. The van der Waals surface area contributed by atoms with Gasteiger partial charge in [0.2, 0.25) is 0 Å². The van der Waals surface area contributed by atoms with E-state index in [1.807, 2.05) is 0 Å². The number of aliphatic hydroxyl groups is 1. The zero-order chi connectivity index (χ0) is 8.27. The summed E-state index contributed by atoms with van der Waals surface area (Å²) in [5, 5.41) is 8.74. The third-order valence-corrected chi connectivity index (χ3v) is 1.69. The van der Waals surface area contributed by atoms with Gasteiger partial charge >= 0.3 is 0 Å². The van der Waals surface area contributed by atoms with Gasteiger partial charge < -0.3 is 5.11 Å². The molecule has 0 saturated carbocycles. The molecule has 0 unspecified atom stereocenters. The highest BCUT2D eigenvalue weighted by Gasteiger charge is 2.02. The highest BCUT2D eigenvalue weighted by atomic mass is 19.1. The van der Waals surface area contributed by atoms with Crippen molar-refractivity contribution in [3.63, 3.8) is 0 Å². The fourth-order valence-corrected chi connectivity index (χ4v) is 0.889. The predicted octanol–water partition coefficient (Wildman–Crippen LogP) is 2.11. The molecule has 0 aromatic carbocycles. The number of halogens is 1. The lowest BCUT2D eigenvalue weighted by Crippen LogP contribution is -1.86. The van der Waals surface area contributed by atoms with Gasteiger partial charge in [0.25, 0.3) is 0 Å². The summed E-state index contributed by atoms with van der Waals surface area (Å²) < 4.78 is 12.8. The van der Waals surface area contributed by atoms with Crippen LogP contribution < -0.4 is 0 Å². The number of hydrogen-bond donors (Lipinski definition) is 1. The maximum Gasteiger partial charge on any atom is 0.122 e. The van der Waals surface area contributed by atoms with Gasteiger partial charge in [-0.05, 0) is 30.6 Å². The first kappa shape index (κ1) is 8.21. The van der Waals surface area contributed by atoms with Crippen LogP contribution in [0.25, 0.3) is 0 Å². The second kappa shape index (κ2) is 3.49. The van der Waals surface area contributed by atoms with E-state index in [0.29, 0.717) is 12.0 Å². The van der Waals surface area contributed by atoms with E-state index >= 15 is 0 Å². The largest absolute Gasteiger partial charge is 0.392 e. The molecule has 1 rings (SSSR count). The van der Waals surface area contributed by atoms with Crippen molar-refractivity contribution < 1.29 is 9.50 Å². The van der Waals surface area contributed by atoms with E-state index in [1.165, 1.54) is 6.08 Å². The van der Waals surface area contributed by atoms with Crippen LogP contribution in [0.3, 0.4) is 0 Å². The Hall–Kier alpha value is -0.890. The monoisotopic (exact) mass is 154 g/mol. The Balaban J connectivity index is 2.84. The Bertz CT molecular complexity index is 236. The molecule has 1 aliphatic rings. The molecule has 1 aliphatic carbocycles. The Labute approximate surface area is 65.5 Å². The number of rotatable bonds is 1. The molecular formula is C9H11FO. The van der Waals surface area contributed by atoms with Crippen molar-refractivity contribution in [1.82, 2.24) is 0 Å². The average molecular weight is 154 g/mol. The van der Waals surface area contributed by atoms with Gasteiger partial charge in [0.05, 0.1) is 6.61 Å². The lowest BCUT2D eigenvalue weighted by Gasteiger charge is -1.94. The molecule has 2 heteroatoms. The topological polar surface area (TPSA) is 20.2 Å². The second-order valence-electron chi connectivity index (χ2n) is 2.59. The molecule has 0 heterocycles. The van der Waals surface area contributed by atoms with Crippen LogP contribution in [-0.4, -0.2) is 11.7 Å². The van der Waals surface area contributed by atoms with Crippen LogP contribution in [0.15, 0.2) is 35.2 Å². The van der Waals surface area contributed by atoms with Gasteiger partial charge in [0.1, 0.15) is 5.83 Å². The van der Waals surface area contributed by atoms with Gasteiger partial charge in [0, 0.05) is 0 Å². The highest BCUT2D eigenvalue weighted by Crippen LogP contribution is 2.17. The van der Waals surface area contributed by atoms with Crippen molar-refractivity contribution in [3.05, 3.63) is 35.2 Å². The zero-order valence-corrected chi connectivity index (χ0v) is 6.47. The van der Waals surface area contributed by atoms with Crippen LogP contribution >= 0.6 is 0 Å². The Morgan fingerprint density at radius 3 is 2.91 bits per heavy atom. The Morgan fingerprint density at radius 2 is 2.27 bits per heavy atom. The van der Waals surface area contributed by atoms with Crippen LogP contribution in [0.1, 0.15) is 13.3 Å². The third kappa shape index (κ3) is 2.02. The van der Waals surface area contributed by atoms with Crippen LogP contribution in [0.2, 0.25) is 0 Å². The smallest absolute Gasteiger partial charge is 0.122 e. The van der Waals surface area contributed by atoms with Crippen molar-refractivity contribution >= 4 is 0 Å². The first-order valence-electron chi connectivity index (χ1n) is 3.57. The van der Waals surface area contributed by atoms with E-state index in [1.54, 1.807) is 19.1 Å². The summed E-state index contributed by atoms with van der Waals surface area (Å²) >= 11 is 0. The van der Waals surface area contributed by atoms with Crippen molar-refractivity contribution in [1.29, 1.82) is 0 Å². The van der Waals surface area contributed by atoms with Crippen molar-refractivity contribution in [2.75, 3.05) is 6.61 Å². The molecule has 0 aromatic heterocycles. The lowest BCUT2D eigenvalue weighted by atomic mass is 10.2. The molecule has 0 radical (unpaired) electrons. The maximum atomic E-state index is 12.8. The standard InChI is InChI=1S/C9H11FO/c1-7-2-3-8(6-11)4-5-9(7)10/h2-3,5,11H,4,6H2,1H3. The van der Waals surface area contributed by atoms with Crippen LogP contribution in [0, 0.1) is 0 Å². The number of aliphatic hydroxyl groups excluding tert-OH is 1. The van der Waals surface area contributed by atoms with E-state index in [-0.39, 0.29) is 12.4 Å². The summed E-state index contributed by atoms with van der Waals surface area (Å²) in [4.78, 5) is 0. The highest BCUT2D eigenvalue weighted by molar-refractivity contribution is 5.33. The molecule has 1 N–H and O–H groups in total. The van der Waals surface area contributed by atoms with Gasteiger partial charge in [-0.25, -0.2) is 4.39 Å². The third-order valence-electron chi connectivity index (χ3n) is 1.69. The molecule has 0 aromatic rings. The molecule has 11 heavy (non-hydrogen) atoms.